The van der Waals surface area contributed by atoms with E-state index in [0.29, 0.717) is 43.2 Å². The van der Waals surface area contributed by atoms with E-state index in [-0.39, 0.29) is 29.6 Å². The summed E-state index contributed by atoms with van der Waals surface area (Å²) in [6.45, 7) is 5.34. The first-order valence-corrected chi connectivity index (χ1v) is 9.22. The number of nitro groups is 1. The van der Waals surface area contributed by atoms with Crippen molar-refractivity contribution in [1.29, 1.82) is 0 Å². The molecule has 0 radical (unpaired) electrons. The maximum atomic E-state index is 12.6. The monoisotopic (exact) mass is 433 g/mol. The number of carbonyl (C=O) groups excluding carboxylic acids is 2. The van der Waals surface area contributed by atoms with Crippen LogP contribution < -0.4 is 16.0 Å². The molecule has 2 amide bonds. The smallest absolute Gasteiger partial charge is 0.293 e. The number of nitrogens with zero attached hydrogens (tertiary/aromatic N) is 3. The van der Waals surface area contributed by atoms with Crippen LogP contribution in [0.4, 0.5) is 22.7 Å². The quantitative estimate of drug-likeness (QED) is 0.434. The van der Waals surface area contributed by atoms with E-state index in [2.05, 4.69) is 5.32 Å². The number of aryl methyl sites for hydroxylation is 1. The molecule has 0 unspecified atom stereocenters. The van der Waals surface area contributed by atoms with E-state index in [0.717, 1.165) is 5.56 Å². The van der Waals surface area contributed by atoms with Gasteiger partial charge in [-0.3, -0.25) is 19.7 Å². The third-order valence-electron chi connectivity index (χ3n) is 5.01. The minimum Gasteiger partial charge on any atom is -0.399 e. The molecule has 0 spiro atoms. The fraction of sp³-hybridized carbons (Fsp3) is 0.300. The second kappa shape index (κ2) is 9.45. The van der Waals surface area contributed by atoms with Crippen LogP contribution >= 0.6 is 12.4 Å². The molecule has 0 bridgehead atoms. The summed E-state index contributed by atoms with van der Waals surface area (Å²) in [6, 6.07) is 9.60. The van der Waals surface area contributed by atoms with Crippen LogP contribution in [-0.2, 0) is 4.79 Å². The highest BCUT2D eigenvalue weighted by Crippen LogP contribution is 2.30. The van der Waals surface area contributed by atoms with Crippen LogP contribution in [0.5, 0.6) is 0 Å². The van der Waals surface area contributed by atoms with Gasteiger partial charge in [-0.1, -0.05) is 6.07 Å². The summed E-state index contributed by atoms with van der Waals surface area (Å²) >= 11 is 0. The molecule has 0 saturated carbocycles. The van der Waals surface area contributed by atoms with Crippen molar-refractivity contribution in [2.24, 2.45) is 0 Å². The Morgan fingerprint density at radius 1 is 1.10 bits per heavy atom. The summed E-state index contributed by atoms with van der Waals surface area (Å²) in [6.07, 6.45) is 0. The molecule has 9 nitrogen and oxygen atoms in total. The molecule has 3 N–H and O–H groups in total. The number of amides is 2. The Morgan fingerprint density at radius 3 is 2.37 bits per heavy atom. The van der Waals surface area contributed by atoms with Gasteiger partial charge in [0, 0.05) is 56.1 Å². The number of hydrogen-bond donors (Lipinski definition) is 2. The van der Waals surface area contributed by atoms with Crippen molar-refractivity contribution < 1.29 is 14.5 Å². The molecular formula is C20H24ClN5O4. The predicted octanol–water partition coefficient (Wildman–Crippen LogP) is 2.83. The molecular weight excluding hydrogens is 410 g/mol. The lowest BCUT2D eigenvalue weighted by Crippen LogP contribution is -2.48. The van der Waals surface area contributed by atoms with Gasteiger partial charge in [-0.25, -0.2) is 0 Å². The minimum absolute atomic E-state index is 0. The standard InChI is InChI=1S/C20H23N5O4.ClH/c1-13-3-5-16(21)12-17(13)22-20(27)15-4-6-18(19(11-15)25(28)29)24-9-7-23(8-10-24)14(2)26;/h3-6,11-12H,7-10,21H2,1-2H3,(H,22,27);1H. The van der Waals surface area contributed by atoms with Gasteiger partial charge in [0.2, 0.25) is 5.91 Å². The Balaban J connectivity index is 0.00000320. The molecule has 1 aliphatic rings. The van der Waals surface area contributed by atoms with Crippen molar-refractivity contribution in [1.82, 2.24) is 4.90 Å². The van der Waals surface area contributed by atoms with Crippen LogP contribution in [0.15, 0.2) is 36.4 Å². The van der Waals surface area contributed by atoms with E-state index in [9.17, 15) is 19.7 Å². The molecule has 1 fully saturated rings. The molecule has 160 valence electrons. The number of nitrogens with two attached hydrogens (primary N) is 1. The van der Waals surface area contributed by atoms with Crippen molar-refractivity contribution in [3.63, 3.8) is 0 Å². The molecule has 1 aliphatic heterocycles. The fourth-order valence-corrected chi connectivity index (χ4v) is 3.31. The van der Waals surface area contributed by atoms with Gasteiger partial charge in [-0.2, -0.15) is 0 Å². The molecule has 1 saturated heterocycles. The zero-order valence-corrected chi connectivity index (χ0v) is 17.6. The summed E-state index contributed by atoms with van der Waals surface area (Å²) in [5.41, 5.74) is 8.15. The van der Waals surface area contributed by atoms with E-state index in [1.165, 1.54) is 13.0 Å². The van der Waals surface area contributed by atoms with Crippen LogP contribution in [0.2, 0.25) is 0 Å². The average Bonchev–Trinajstić information content (AvgIpc) is 2.70. The first-order valence-electron chi connectivity index (χ1n) is 9.22. The maximum Gasteiger partial charge on any atom is 0.293 e. The number of benzene rings is 2. The number of anilines is 3. The minimum atomic E-state index is -0.491. The van der Waals surface area contributed by atoms with Gasteiger partial charge in [0.25, 0.3) is 11.6 Å². The van der Waals surface area contributed by atoms with E-state index < -0.39 is 10.8 Å². The number of carbonyl (C=O) groups is 2. The highest BCUT2D eigenvalue weighted by molar-refractivity contribution is 6.05. The fourth-order valence-electron chi connectivity index (χ4n) is 3.31. The van der Waals surface area contributed by atoms with Crippen LogP contribution in [-0.4, -0.2) is 47.8 Å². The Morgan fingerprint density at radius 2 is 1.77 bits per heavy atom. The summed E-state index contributed by atoms with van der Waals surface area (Å²) in [4.78, 5) is 38.8. The van der Waals surface area contributed by atoms with E-state index in [1.54, 1.807) is 35.2 Å². The topological polar surface area (TPSA) is 122 Å². The lowest BCUT2D eigenvalue weighted by Gasteiger charge is -2.35. The Hall–Kier alpha value is -3.33. The summed E-state index contributed by atoms with van der Waals surface area (Å²) in [7, 11) is 0. The Bertz CT molecular complexity index is 974. The molecule has 30 heavy (non-hydrogen) atoms. The van der Waals surface area contributed by atoms with Gasteiger partial charge in [0.15, 0.2) is 0 Å². The second-order valence-electron chi connectivity index (χ2n) is 6.98. The zero-order valence-electron chi connectivity index (χ0n) is 16.8. The number of nitrogen functional groups attached to an aromatic ring is 1. The number of hydrogen-bond acceptors (Lipinski definition) is 6. The molecule has 3 rings (SSSR count). The van der Waals surface area contributed by atoms with Crippen molar-refractivity contribution in [3.8, 4) is 0 Å². The van der Waals surface area contributed by atoms with E-state index in [4.69, 9.17) is 5.73 Å². The largest absolute Gasteiger partial charge is 0.399 e. The molecule has 2 aromatic carbocycles. The third kappa shape index (κ3) is 4.98. The van der Waals surface area contributed by atoms with E-state index >= 15 is 0 Å². The van der Waals surface area contributed by atoms with Gasteiger partial charge >= 0.3 is 0 Å². The number of halogens is 1. The van der Waals surface area contributed by atoms with Crippen molar-refractivity contribution in [3.05, 3.63) is 57.6 Å². The summed E-state index contributed by atoms with van der Waals surface area (Å²) in [5.74, 6) is -0.460. The molecule has 0 atom stereocenters. The van der Waals surface area contributed by atoms with Gasteiger partial charge in [0.1, 0.15) is 5.69 Å². The van der Waals surface area contributed by atoms with Crippen molar-refractivity contribution in [2.75, 3.05) is 42.1 Å². The average molecular weight is 434 g/mol. The zero-order chi connectivity index (χ0) is 21.1. The molecule has 0 aliphatic carbocycles. The van der Waals surface area contributed by atoms with Crippen molar-refractivity contribution >= 4 is 47.0 Å². The van der Waals surface area contributed by atoms with Crippen LogP contribution in [0.1, 0.15) is 22.8 Å². The van der Waals surface area contributed by atoms with E-state index in [1.807, 2.05) is 11.8 Å². The molecule has 1 heterocycles. The lowest BCUT2D eigenvalue weighted by atomic mass is 10.1. The Labute approximate surface area is 180 Å². The van der Waals surface area contributed by atoms with Gasteiger partial charge in [0.05, 0.1) is 4.92 Å². The summed E-state index contributed by atoms with van der Waals surface area (Å²) in [5, 5.41) is 14.4. The SMILES string of the molecule is CC(=O)N1CCN(c2ccc(C(=O)Nc3cc(N)ccc3C)cc2[N+](=O)[O-])CC1.Cl. The van der Waals surface area contributed by atoms with Gasteiger partial charge in [-0.15, -0.1) is 12.4 Å². The second-order valence-corrected chi connectivity index (χ2v) is 6.98. The highest BCUT2D eigenvalue weighted by Gasteiger charge is 2.26. The van der Waals surface area contributed by atoms with Crippen LogP contribution in [0.25, 0.3) is 0 Å². The number of piperazine rings is 1. The normalized spacial score (nSPS) is 13.4. The van der Waals surface area contributed by atoms with Gasteiger partial charge < -0.3 is 20.9 Å². The van der Waals surface area contributed by atoms with Crippen LogP contribution in [0.3, 0.4) is 0 Å². The number of nitro benzene ring substituents is 1. The lowest BCUT2D eigenvalue weighted by molar-refractivity contribution is -0.384. The number of nitrogens with one attached hydrogen (secondary N) is 1. The first kappa shape index (κ1) is 23.0. The predicted molar refractivity (Wildman–Crippen MR) is 118 cm³/mol. The Kier molecular flexibility index (Phi) is 7.23. The first-order chi connectivity index (χ1) is 13.8. The third-order valence-corrected chi connectivity index (χ3v) is 5.01. The highest BCUT2D eigenvalue weighted by atomic mass is 35.5. The molecule has 10 heteroatoms. The number of rotatable bonds is 4. The van der Waals surface area contributed by atoms with Crippen molar-refractivity contribution in [2.45, 2.75) is 13.8 Å². The molecule has 2 aromatic rings. The maximum absolute atomic E-state index is 12.6. The summed E-state index contributed by atoms with van der Waals surface area (Å²) < 4.78 is 0. The molecule has 0 aromatic heterocycles. The van der Waals surface area contributed by atoms with Crippen LogP contribution in [0, 0.1) is 17.0 Å². The van der Waals surface area contributed by atoms with Gasteiger partial charge in [-0.05, 0) is 36.8 Å².